The average Bonchev–Trinajstić information content (AvgIpc) is 2.89. The van der Waals surface area contributed by atoms with Gasteiger partial charge in [-0.3, -0.25) is 0 Å². The molecule has 2 aliphatic heterocycles. The van der Waals surface area contributed by atoms with E-state index < -0.39 is 0 Å². The molecule has 5 heteroatoms. The first-order chi connectivity index (χ1) is 8.92. The van der Waals surface area contributed by atoms with Crippen molar-refractivity contribution in [3.8, 4) is 0 Å². The Labute approximate surface area is 112 Å². The van der Waals surface area contributed by atoms with Crippen molar-refractivity contribution in [1.29, 1.82) is 0 Å². The summed E-state index contributed by atoms with van der Waals surface area (Å²) in [6, 6.07) is 0. The van der Waals surface area contributed by atoms with Crippen LogP contribution in [-0.2, 0) is 6.42 Å². The Morgan fingerprint density at radius 2 is 2.11 bits per heavy atom. The zero-order valence-electron chi connectivity index (χ0n) is 10.7. The molecule has 0 aliphatic carbocycles. The van der Waals surface area contributed by atoms with Gasteiger partial charge in [0.1, 0.15) is 0 Å². The second kappa shape index (κ2) is 6.06. The van der Waals surface area contributed by atoms with Crippen LogP contribution in [0.15, 0.2) is 4.52 Å². The predicted molar refractivity (Wildman–Crippen MR) is 72.9 cm³/mol. The summed E-state index contributed by atoms with van der Waals surface area (Å²) in [7, 11) is 0. The number of nitrogens with one attached hydrogen (secondary N) is 1. The first-order valence-corrected chi connectivity index (χ1v) is 8.11. The summed E-state index contributed by atoms with van der Waals surface area (Å²) in [6.45, 7) is 2.14. The third-order valence-corrected chi connectivity index (χ3v) is 5.25. The van der Waals surface area contributed by atoms with Crippen LogP contribution in [0.1, 0.15) is 49.7 Å². The van der Waals surface area contributed by atoms with E-state index in [1.54, 1.807) is 0 Å². The van der Waals surface area contributed by atoms with E-state index in [-0.39, 0.29) is 0 Å². The first-order valence-electron chi connectivity index (χ1n) is 7.06. The Bertz CT molecular complexity index is 370. The Balaban J connectivity index is 1.58. The van der Waals surface area contributed by atoms with Crippen molar-refractivity contribution < 1.29 is 4.52 Å². The number of hydrogen-bond acceptors (Lipinski definition) is 5. The van der Waals surface area contributed by atoms with E-state index in [1.165, 1.54) is 25.0 Å². The molecule has 0 amide bonds. The predicted octanol–water partition coefficient (Wildman–Crippen LogP) is 2.36. The van der Waals surface area contributed by atoms with Gasteiger partial charge in [0.05, 0.1) is 0 Å². The summed E-state index contributed by atoms with van der Waals surface area (Å²) in [5, 5.41) is 8.24. The highest BCUT2D eigenvalue weighted by Crippen LogP contribution is 2.28. The molecule has 100 valence electrons. The highest BCUT2D eigenvalue weighted by atomic mass is 32.2. The number of hydrogen-bond donors (Lipinski definition) is 1. The minimum absolute atomic E-state index is 0.478. The van der Waals surface area contributed by atoms with Gasteiger partial charge in [-0.25, -0.2) is 0 Å². The van der Waals surface area contributed by atoms with E-state index in [0.717, 1.165) is 44.1 Å². The summed E-state index contributed by atoms with van der Waals surface area (Å²) in [5.74, 6) is 3.56. The van der Waals surface area contributed by atoms with Crippen molar-refractivity contribution in [3.63, 3.8) is 0 Å². The number of thioether (sulfide) groups is 1. The molecule has 0 saturated carbocycles. The highest BCUT2D eigenvalue weighted by molar-refractivity contribution is 7.99. The average molecular weight is 267 g/mol. The van der Waals surface area contributed by atoms with E-state index in [0.29, 0.717) is 11.2 Å². The molecular formula is C13H21N3OS. The van der Waals surface area contributed by atoms with E-state index in [1.807, 2.05) is 0 Å². The van der Waals surface area contributed by atoms with Gasteiger partial charge in [0.25, 0.3) is 0 Å². The SMILES string of the molecule is C1CCC(Cc2noc(C3CCNCC3)n2)SC1. The van der Waals surface area contributed by atoms with Crippen LogP contribution >= 0.6 is 11.8 Å². The van der Waals surface area contributed by atoms with Gasteiger partial charge in [-0.05, 0) is 44.5 Å². The summed E-state index contributed by atoms with van der Waals surface area (Å²) < 4.78 is 5.45. The Hall–Kier alpha value is -0.550. The quantitative estimate of drug-likeness (QED) is 0.911. The third kappa shape index (κ3) is 3.06. The van der Waals surface area contributed by atoms with Crippen molar-refractivity contribution in [2.24, 2.45) is 0 Å². The molecule has 2 aliphatic rings. The van der Waals surface area contributed by atoms with Crippen LogP contribution < -0.4 is 5.32 Å². The van der Waals surface area contributed by atoms with Crippen LogP contribution in [0.4, 0.5) is 0 Å². The highest BCUT2D eigenvalue weighted by Gasteiger charge is 2.23. The van der Waals surface area contributed by atoms with Crippen LogP contribution in [0.2, 0.25) is 0 Å². The maximum Gasteiger partial charge on any atom is 0.229 e. The van der Waals surface area contributed by atoms with Crippen molar-refractivity contribution in [2.75, 3.05) is 18.8 Å². The lowest BCUT2D eigenvalue weighted by Gasteiger charge is -2.19. The number of piperidine rings is 1. The Morgan fingerprint density at radius 1 is 1.22 bits per heavy atom. The fourth-order valence-electron chi connectivity index (χ4n) is 2.76. The lowest BCUT2D eigenvalue weighted by Crippen LogP contribution is -2.26. The minimum Gasteiger partial charge on any atom is -0.339 e. The molecule has 3 rings (SSSR count). The largest absolute Gasteiger partial charge is 0.339 e. The molecule has 0 spiro atoms. The minimum atomic E-state index is 0.478. The van der Waals surface area contributed by atoms with Gasteiger partial charge in [-0.15, -0.1) is 0 Å². The molecule has 4 nitrogen and oxygen atoms in total. The smallest absolute Gasteiger partial charge is 0.229 e. The number of nitrogens with zero attached hydrogens (tertiary/aromatic N) is 2. The maximum absolute atomic E-state index is 5.45. The zero-order valence-corrected chi connectivity index (χ0v) is 11.5. The molecule has 3 heterocycles. The van der Waals surface area contributed by atoms with Crippen molar-refractivity contribution >= 4 is 11.8 Å². The standard InChI is InChI=1S/C13H21N3OS/c1-2-8-18-11(3-1)9-12-15-13(17-16-12)10-4-6-14-7-5-10/h10-11,14H,1-9H2. The molecule has 2 saturated heterocycles. The fraction of sp³-hybridized carbons (Fsp3) is 0.846. The van der Waals surface area contributed by atoms with Gasteiger partial charge in [-0.2, -0.15) is 16.7 Å². The van der Waals surface area contributed by atoms with Crippen LogP contribution in [-0.4, -0.2) is 34.2 Å². The molecule has 1 aromatic rings. The van der Waals surface area contributed by atoms with Crippen molar-refractivity contribution in [1.82, 2.24) is 15.5 Å². The van der Waals surface area contributed by atoms with E-state index in [2.05, 4.69) is 27.2 Å². The lowest BCUT2D eigenvalue weighted by molar-refractivity contribution is 0.318. The molecule has 18 heavy (non-hydrogen) atoms. The van der Waals surface area contributed by atoms with Gasteiger partial charge < -0.3 is 9.84 Å². The second-order valence-electron chi connectivity index (χ2n) is 5.27. The first kappa shape index (κ1) is 12.5. The maximum atomic E-state index is 5.45. The van der Waals surface area contributed by atoms with E-state index in [9.17, 15) is 0 Å². The van der Waals surface area contributed by atoms with Crippen LogP contribution in [0.25, 0.3) is 0 Å². The molecule has 0 aromatic carbocycles. The zero-order chi connectivity index (χ0) is 12.2. The molecule has 1 atom stereocenters. The van der Waals surface area contributed by atoms with E-state index >= 15 is 0 Å². The van der Waals surface area contributed by atoms with Crippen molar-refractivity contribution in [2.45, 2.75) is 49.7 Å². The third-order valence-electron chi connectivity index (χ3n) is 3.86. The van der Waals surface area contributed by atoms with Crippen molar-refractivity contribution in [3.05, 3.63) is 11.7 Å². The Morgan fingerprint density at radius 3 is 2.89 bits per heavy atom. The molecule has 2 fully saturated rings. The number of aromatic nitrogens is 2. The lowest BCUT2D eigenvalue weighted by atomic mass is 9.98. The molecular weight excluding hydrogens is 246 g/mol. The normalized spacial score (nSPS) is 26.3. The van der Waals surface area contributed by atoms with E-state index in [4.69, 9.17) is 4.52 Å². The van der Waals surface area contributed by atoms with Crippen LogP contribution in [0, 0.1) is 0 Å². The summed E-state index contributed by atoms with van der Waals surface area (Å²) in [6.07, 6.45) is 7.27. The summed E-state index contributed by atoms with van der Waals surface area (Å²) in [4.78, 5) is 4.61. The van der Waals surface area contributed by atoms with Crippen LogP contribution in [0.3, 0.4) is 0 Å². The molecule has 0 radical (unpaired) electrons. The van der Waals surface area contributed by atoms with Gasteiger partial charge in [0, 0.05) is 17.6 Å². The number of rotatable bonds is 3. The van der Waals surface area contributed by atoms with Gasteiger partial charge in [0.2, 0.25) is 5.89 Å². The van der Waals surface area contributed by atoms with Crippen LogP contribution in [0.5, 0.6) is 0 Å². The molecule has 1 N–H and O–H groups in total. The monoisotopic (exact) mass is 267 g/mol. The van der Waals surface area contributed by atoms with Gasteiger partial charge in [-0.1, -0.05) is 11.6 Å². The topological polar surface area (TPSA) is 51.0 Å². The van der Waals surface area contributed by atoms with Gasteiger partial charge in [0.15, 0.2) is 5.82 Å². The fourth-order valence-corrected chi connectivity index (χ4v) is 4.06. The summed E-state index contributed by atoms with van der Waals surface area (Å²) >= 11 is 2.07. The summed E-state index contributed by atoms with van der Waals surface area (Å²) in [5.41, 5.74) is 0. The van der Waals surface area contributed by atoms with Gasteiger partial charge >= 0.3 is 0 Å². The Kier molecular flexibility index (Phi) is 4.20. The molecule has 1 aromatic heterocycles. The molecule has 1 unspecified atom stereocenters. The second-order valence-corrected chi connectivity index (χ2v) is 6.67. The molecule has 0 bridgehead atoms.